The number of carbonyl (C=O) groups excluding carboxylic acids is 2. The lowest BCUT2D eigenvalue weighted by Crippen LogP contribution is -2.41. The summed E-state index contributed by atoms with van der Waals surface area (Å²) in [5.41, 5.74) is 2.21. The monoisotopic (exact) mass is 317 g/mol. The number of rotatable bonds is 3. The van der Waals surface area contributed by atoms with Crippen LogP contribution in [-0.4, -0.2) is 45.0 Å². The van der Waals surface area contributed by atoms with Crippen LogP contribution in [0.4, 0.5) is 5.13 Å². The van der Waals surface area contributed by atoms with Crippen molar-refractivity contribution in [3.8, 4) is 0 Å². The molecule has 3 rings (SSSR count). The Bertz CT molecular complexity index is 639. The van der Waals surface area contributed by atoms with Gasteiger partial charge in [-0.25, -0.2) is 0 Å². The number of anilines is 1. The molecule has 0 radical (unpaired) electrons. The highest BCUT2D eigenvalue weighted by molar-refractivity contribution is 7.13. The van der Waals surface area contributed by atoms with E-state index in [-0.39, 0.29) is 17.7 Å². The van der Waals surface area contributed by atoms with Crippen LogP contribution in [0.3, 0.4) is 0 Å². The molecule has 1 fully saturated rings. The summed E-state index contributed by atoms with van der Waals surface area (Å²) in [6.45, 7) is 1.16. The van der Waals surface area contributed by atoms with Gasteiger partial charge in [-0.15, -0.1) is 10.2 Å². The average molecular weight is 317 g/mol. The van der Waals surface area contributed by atoms with Crippen LogP contribution in [0.25, 0.3) is 0 Å². The molecule has 8 heteroatoms. The smallest absolute Gasteiger partial charge is 0.253 e. The van der Waals surface area contributed by atoms with E-state index in [1.807, 2.05) is 0 Å². The molecule has 2 amide bonds. The minimum atomic E-state index is -0.0922. The van der Waals surface area contributed by atoms with Gasteiger partial charge in [0.25, 0.3) is 5.91 Å². The molecule has 2 aromatic rings. The van der Waals surface area contributed by atoms with Crippen LogP contribution in [-0.2, 0) is 4.79 Å². The van der Waals surface area contributed by atoms with Crippen molar-refractivity contribution in [3.05, 3.63) is 35.6 Å². The minimum absolute atomic E-state index is 0.00891. The zero-order chi connectivity index (χ0) is 15.4. The fourth-order valence-corrected chi connectivity index (χ4v) is 2.90. The summed E-state index contributed by atoms with van der Waals surface area (Å²) in [5, 5.41) is 10.8. The lowest BCUT2D eigenvalue weighted by atomic mass is 9.95. The van der Waals surface area contributed by atoms with E-state index in [1.165, 1.54) is 11.3 Å². The largest absolute Gasteiger partial charge is 0.339 e. The maximum Gasteiger partial charge on any atom is 0.253 e. The molecular formula is C14H15N5O2S. The Kier molecular flexibility index (Phi) is 4.38. The highest BCUT2D eigenvalue weighted by Gasteiger charge is 2.28. The topological polar surface area (TPSA) is 88.1 Å². The standard InChI is InChI=1S/C14H15N5O2S/c20-12(17-14-18-16-9-22-14)10-3-7-19(8-4-10)13(21)11-1-5-15-6-2-11/h1-2,5-6,9-10H,3-4,7-8H2,(H,17,18,20). The molecule has 0 bridgehead atoms. The van der Waals surface area contributed by atoms with Crippen molar-refractivity contribution in [3.63, 3.8) is 0 Å². The molecule has 1 N–H and O–H groups in total. The Balaban J connectivity index is 1.54. The molecule has 1 aliphatic rings. The number of nitrogens with one attached hydrogen (secondary N) is 1. The summed E-state index contributed by atoms with van der Waals surface area (Å²) in [6.07, 6.45) is 4.52. The third-order valence-corrected chi connectivity index (χ3v) is 4.28. The van der Waals surface area contributed by atoms with Gasteiger partial charge in [-0.1, -0.05) is 11.3 Å². The number of pyridine rings is 1. The third kappa shape index (κ3) is 3.28. The zero-order valence-electron chi connectivity index (χ0n) is 11.8. The molecule has 114 valence electrons. The van der Waals surface area contributed by atoms with E-state index < -0.39 is 0 Å². The Morgan fingerprint density at radius 3 is 2.59 bits per heavy atom. The van der Waals surface area contributed by atoms with E-state index in [0.717, 1.165) is 0 Å². The van der Waals surface area contributed by atoms with Gasteiger partial charge in [-0.05, 0) is 25.0 Å². The molecule has 0 aliphatic carbocycles. The molecule has 0 spiro atoms. The van der Waals surface area contributed by atoms with Gasteiger partial charge < -0.3 is 10.2 Å². The summed E-state index contributed by atoms with van der Waals surface area (Å²) < 4.78 is 0. The van der Waals surface area contributed by atoms with Crippen molar-refractivity contribution in [1.29, 1.82) is 0 Å². The van der Waals surface area contributed by atoms with Crippen molar-refractivity contribution in [2.75, 3.05) is 18.4 Å². The predicted octanol–water partition coefficient (Wildman–Crippen LogP) is 1.42. The number of piperidine rings is 1. The first-order valence-corrected chi connectivity index (χ1v) is 7.88. The van der Waals surface area contributed by atoms with Gasteiger partial charge in [0.15, 0.2) is 0 Å². The summed E-state index contributed by atoms with van der Waals surface area (Å²) in [7, 11) is 0. The van der Waals surface area contributed by atoms with Crippen LogP contribution in [0.1, 0.15) is 23.2 Å². The van der Waals surface area contributed by atoms with Gasteiger partial charge in [-0.2, -0.15) is 0 Å². The highest BCUT2D eigenvalue weighted by Crippen LogP contribution is 2.21. The fraction of sp³-hybridized carbons (Fsp3) is 0.357. The van der Waals surface area contributed by atoms with Crippen molar-refractivity contribution in [2.45, 2.75) is 12.8 Å². The van der Waals surface area contributed by atoms with E-state index in [4.69, 9.17) is 0 Å². The number of likely N-dealkylation sites (tertiary alicyclic amines) is 1. The van der Waals surface area contributed by atoms with Crippen LogP contribution < -0.4 is 5.32 Å². The molecule has 2 aromatic heterocycles. The lowest BCUT2D eigenvalue weighted by Gasteiger charge is -2.31. The lowest BCUT2D eigenvalue weighted by molar-refractivity contribution is -0.121. The highest BCUT2D eigenvalue weighted by atomic mass is 32.1. The Morgan fingerprint density at radius 1 is 1.23 bits per heavy atom. The van der Waals surface area contributed by atoms with E-state index in [1.54, 1.807) is 34.9 Å². The van der Waals surface area contributed by atoms with Gasteiger partial charge in [-0.3, -0.25) is 14.6 Å². The molecular weight excluding hydrogens is 302 g/mol. The molecule has 0 aromatic carbocycles. The van der Waals surface area contributed by atoms with E-state index >= 15 is 0 Å². The Labute approximate surface area is 131 Å². The van der Waals surface area contributed by atoms with Crippen LogP contribution in [0.15, 0.2) is 30.0 Å². The van der Waals surface area contributed by atoms with Gasteiger partial charge in [0, 0.05) is 37.0 Å². The molecule has 0 atom stereocenters. The Hall–Kier alpha value is -2.35. The predicted molar refractivity (Wildman–Crippen MR) is 81.4 cm³/mol. The molecule has 3 heterocycles. The van der Waals surface area contributed by atoms with Crippen LogP contribution in [0.2, 0.25) is 0 Å². The zero-order valence-corrected chi connectivity index (χ0v) is 12.6. The maximum absolute atomic E-state index is 12.3. The van der Waals surface area contributed by atoms with Gasteiger partial charge in [0.2, 0.25) is 11.0 Å². The molecule has 0 unspecified atom stereocenters. The molecule has 1 aliphatic heterocycles. The molecule has 0 saturated carbocycles. The van der Waals surface area contributed by atoms with Gasteiger partial charge in [0.05, 0.1) is 0 Å². The van der Waals surface area contributed by atoms with E-state index in [9.17, 15) is 9.59 Å². The van der Waals surface area contributed by atoms with Crippen molar-refractivity contribution in [1.82, 2.24) is 20.1 Å². The van der Waals surface area contributed by atoms with Crippen LogP contribution >= 0.6 is 11.3 Å². The number of aromatic nitrogens is 3. The van der Waals surface area contributed by atoms with E-state index in [2.05, 4.69) is 20.5 Å². The quantitative estimate of drug-likeness (QED) is 0.925. The van der Waals surface area contributed by atoms with Crippen molar-refractivity contribution in [2.24, 2.45) is 5.92 Å². The maximum atomic E-state index is 12.3. The number of hydrogen-bond acceptors (Lipinski definition) is 6. The first-order valence-electron chi connectivity index (χ1n) is 7.00. The number of nitrogens with zero attached hydrogens (tertiary/aromatic N) is 4. The molecule has 1 saturated heterocycles. The van der Waals surface area contributed by atoms with Crippen LogP contribution in [0.5, 0.6) is 0 Å². The average Bonchev–Trinajstić information content (AvgIpc) is 3.08. The summed E-state index contributed by atoms with van der Waals surface area (Å²) in [5.74, 6) is -0.150. The second-order valence-electron chi connectivity index (χ2n) is 5.04. The first kappa shape index (κ1) is 14.6. The van der Waals surface area contributed by atoms with Crippen molar-refractivity contribution >= 4 is 28.3 Å². The minimum Gasteiger partial charge on any atom is -0.339 e. The fourth-order valence-electron chi connectivity index (χ4n) is 2.46. The van der Waals surface area contributed by atoms with E-state index in [0.29, 0.717) is 36.6 Å². The van der Waals surface area contributed by atoms with Gasteiger partial charge in [0.1, 0.15) is 5.51 Å². The molecule has 7 nitrogen and oxygen atoms in total. The van der Waals surface area contributed by atoms with Crippen molar-refractivity contribution < 1.29 is 9.59 Å². The van der Waals surface area contributed by atoms with Gasteiger partial charge >= 0.3 is 0 Å². The summed E-state index contributed by atoms with van der Waals surface area (Å²) >= 11 is 1.29. The van der Waals surface area contributed by atoms with Crippen LogP contribution in [0, 0.1) is 5.92 Å². The summed E-state index contributed by atoms with van der Waals surface area (Å²) in [4.78, 5) is 30.1. The summed E-state index contributed by atoms with van der Waals surface area (Å²) in [6, 6.07) is 3.41. The number of amides is 2. The second-order valence-corrected chi connectivity index (χ2v) is 5.87. The normalized spacial score (nSPS) is 15.5. The number of carbonyl (C=O) groups is 2. The SMILES string of the molecule is O=C(Nc1nncs1)C1CCN(C(=O)c2ccncc2)CC1. The Morgan fingerprint density at radius 2 is 1.95 bits per heavy atom. The number of hydrogen-bond donors (Lipinski definition) is 1. The third-order valence-electron chi connectivity index (χ3n) is 3.67. The second kappa shape index (κ2) is 6.61. The molecule has 22 heavy (non-hydrogen) atoms. The first-order chi connectivity index (χ1) is 10.7.